The van der Waals surface area contributed by atoms with E-state index < -0.39 is 9.84 Å². The Morgan fingerprint density at radius 3 is 2.61 bits per heavy atom. The van der Waals surface area contributed by atoms with E-state index in [-0.39, 0.29) is 11.8 Å². The number of hydrogen-bond acceptors (Lipinski definition) is 4. The zero-order valence-electron chi connectivity index (χ0n) is 10.3. The lowest BCUT2D eigenvalue weighted by molar-refractivity contribution is 0.517. The summed E-state index contributed by atoms with van der Waals surface area (Å²) < 4.78 is 24.2. The van der Waals surface area contributed by atoms with Crippen molar-refractivity contribution < 1.29 is 8.42 Å². The standard InChI is InChI=1S/C11H16Br2N2O2S/c1-3-14-10(4-5-18(2,16)17)11-9(13)6-8(12)7-15-11/h6-7,10,14H,3-5H2,1-2H3. The number of aromatic nitrogens is 1. The van der Waals surface area contributed by atoms with Gasteiger partial charge in [0.25, 0.3) is 0 Å². The molecule has 1 aromatic rings. The highest BCUT2D eigenvalue weighted by Gasteiger charge is 2.17. The smallest absolute Gasteiger partial charge is 0.147 e. The third kappa shape index (κ3) is 5.34. The zero-order valence-corrected chi connectivity index (χ0v) is 14.3. The second kappa shape index (κ2) is 6.98. The molecule has 0 bridgehead atoms. The van der Waals surface area contributed by atoms with Gasteiger partial charge < -0.3 is 5.32 Å². The minimum Gasteiger partial charge on any atom is -0.309 e. The Morgan fingerprint density at radius 1 is 1.44 bits per heavy atom. The average Bonchev–Trinajstić information content (AvgIpc) is 2.24. The highest BCUT2D eigenvalue weighted by atomic mass is 79.9. The molecule has 1 unspecified atom stereocenters. The first-order valence-corrected chi connectivity index (χ1v) is 9.20. The van der Waals surface area contributed by atoms with Crippen LogP contribution in [0.15, 0.2) is 21.2 Å². The molecule has 4 nitrogen and oxygen atoms in total. The highest BCUT2D eigenvalue weighted by molar-refractivity contribution is 9.11. The van der Waals surface area contributed by atoms with Gasteiger partial charge in [0.05, 0.1) is 17.5 Å². The lowest BCUT2D eigenvalue weighted by atomic mass is 10.1. The fourth-order valence-corrected chi connectivity index (χ4v) is 3.52. The third-order valence-electron chi connectivity index (χ3n) is 2.39. The molecule has 7 heteroatoms. The minimum absolute atomic E-state index is 0.0628. The van der Waals surface area contributed by atoms with Gasteiger partial charge in [0.2, 0.25) is 0 Å². The van der Waals surface area contributed by atoms with Crippen molar-refractivity contribution in [3.8, 4) is 0 Å². The van der Waals surface area contributed by atoms with Crippen molar-refractivity contribution in [2.24, 2.45) is 0 Å². The maximum absolute atomic E-state index is 11.2. The summed E-state index contributed by atoms with van der Waals surface area (Å²) in [7, 11) is -2.96. The average molecular weight is 400 g/mol. The Hall–Kier alpha value is 0.0200. The first kappa shape index (κ1) is 16.1. The van der Waals surface area contributed by atoms with Crippen LogP contribution in [0.25, 0.3) is 0 Å². The molecule has 0 aliphatic carbocycles. The third-order valence-corrected chi connectivity index (χ3v) is 4.44. The molecule has 0 saturated carbocycles. The normalized spacial score (nSPS) is 13.6. The molecule has 1 rings (SSSR count). The van der Waals surface area contributed by atoms with Crippen molar-refractivity contribution in [2.45, 2.75) is 19.4 Å². The summed E-state index contributed by atoms with van der Waals surface area (Å²) in [4.78, 5) is 4.35. The number of halogens is 2. The van der Waals surface area contributed by atoms with Crippen molar-refractivity contribution in [3.63, 3.8) is 0 Å². The van der Waals surface area contributed by atoms with E-state index in [4.69, 9.17) is 0 Å². The van der Waals surface area contributed by atoms with Crippen molar-refractivity contribution >= 4 is 41.7 Å². The van der Waals surface area contributed by atoms with Gasteiger partial charge in [-0.3, -0.25) is 4.98 Å². The van der Waals surface area contributed by atoms with Crippen molar-refractivity contribution in [2.75, 3.05) is 18.6 Å². The Morgan fingerprint density at radius 2 is 2.11 bits per heavy atom. The van der Waals surface area contributed by atoms with Crippen molar-refractivity contribution in [3.05, 3.63) is 26.9 Å². The lowest BCUT2D eigenvalue weighted by Crippen LogP contribution is -2.24. The van der Waals surface area contributed by atoms with Crippen LogP contribution in [0.4, 0.5) is 0 Å². The molecule has 1 atom stereocenters. The number of nitrogens with zero attached hydrogens (tertiary/aromatic N) is 1. The zero-order chi connectivity index (χ0) is 13.8. The summed E-state index contributed by atoms with van der Waals surface area (Å²) in [5.74, 6) is 0.148. The van der Waals surface area contributed by atoms with Gasteiger partial charge in [-0.2, -0.15) is 0 Å². The molecule has 1 N–H and O–H groups in total. The summed E-state index contributed by atoms with van der Waals surface area (Å²) >= 11 is 6.80. The van der Waals surface area contributed by atoms with Crippen LogP contribution in [-0.2, 0) is 9.84 Å². The SMILES string of the molecule is CCNC(CCS(C)(=O)=O)c1ncc(Br)cc1Br. The first-order chi connectivity index (χ1) is 8.33. The van der Waals surface area contributed by atoms with E-state index in [1.54, 1.807) is 6.20 Å². The van der Waals surface area contributed by atoms with E-state index in [1.807, 2.05) is 13.0 Å². The van der Waals surface area contributed by atoms with Gasteiger partial charge in [-0.25, -0.2) is 8.42 Å². The van der Waals surface area contributed by atoms with Crippen LogP contribution in [-0.4, -0.2) is 32.0 Å². The topological polar surface area (TPSA) is 59.1 Å². The van der Waals surface area contributed by atoms with Crippen molar-refractivity contribution in [1.82, 2.24) is 10.3 Å². The van der Waals surface area contributed by atoms with E-state index >= 15 is 0 Å². The summed E-state index contributed by atoms with van der Waals surface area (Å²) in [6.45, 7) is 2.75. The summed E-state index contributed by atoms with van der Waals surface area (Å²) in [5, 5.41) is 3.26. The predicted octanol–water partition coefficient (Wildman–Crippen LogP) is 2.69. The number of rotatable bonds is 6. The molecule has 0 aliphatic heterocycles. The van der Waals surface area contributed by atoms with Crippen LogP contribution in [0.5, 0.6) is 0 Å². The van der Waals surface area contributed by atoms with Gasteiger partial charge in [-0.15, -0.1) is 0 Å². The highest BCUT2D eigenvalue weighted by Crippen LogP contribution is 2.26. The second-order valence-corrected chi connectivity index (χ2v) is 8.08. The molecular formula is C11H16Br2N2O2S. The maximum Gasteiger partial charge on any atom is 0.147 e. The van der Waals surface area contributed by atoms with Gasteiger partial charge in [0, 0.05) is 21.4 Å². The number of sulfone groups is 1. The van der Waals surface area contributed by atoms with Crippen LogP contribution >= 0.6 is 31.9 Å². The molecule has 0 radical (unpaired) electrons. The van der Waals surface area contributed by atoms with E-state index in [9.17, 15) is 8.42 Å². The largest absolute Gasteiger partial charge is 0.309 e. The monoisotopic (exact) mass is 398 g/mol. The van der Waals surface area contributed by atoms with Crippen molar-refractivity contribution in [1.29, 1.82) is 0 Å². The predicted molar refractivity (Wildman–Crippen MR) is 80.4 cm³/mol. The van der Waals surface area contributed by atoms with Gasteiger partial charge in [-0.1, -0.05) is 6.92 Å². The molecule has 0 amide bonds. The summed E-state index contributed by atoms with van der Waals surface area (Å²) in [5.41, 5.74) is 0.837. The van der Waals surface area contributed by atoms with Gasteiger partial charge in [-0.05, 0) is 50.9 Å². The van der Waals surface area contributed by atoms with Gasteiger partial charge in [0.1, 0.15) is 9.84 Å². The molecule has 0 aromatic carbocycles. The molecule has 102 valence electrons. The van der Waals surface area contributed by atoms with Crippen LogP contribution < -0.4 is 5.32 Å². The molecule has 18 heavy (non-hydrogen) atoms. The Bertz CT molecular complexity index is 506. The molecule has 1 aromatic heterocycles. The van der Waals surface area contributed by atoms with E-state index in [0.29, 0.717) is 6.42 Å². The Balaban J connectivity index is 2.90. The quantitative estimate of drug-likeness (QED) is 0.798. The number of nitrogens with one attached hydrogen (secondary N) is 1. The molecule has 0 fully saturated rings. The molecule has 0 saturated heterocycles. The fourth-order valence-electron chi connectivity index (χ4n) is 1.60. The maximum atomic E-state index is 11.2. The van der Waals surface area contributed by atoms with Crippen LogP contribution in [0.2, 0.25) is 0 Å². The Labute approximate surface area is 125 Å². The van der Waals surface area contributed by atoms with E-state index in [0.717, 1.165) is 21.2 Å². The second-order valence-electron chi connectivity index (χ2n) is 4.05. The van der Waals surface area contributed by atoms with E-state index in [2.05, 4.69) is 42.2 Å². The van der Waals surface area contributed by atoms with Gasteiger partial charge >= 0.3 is 0 Å². The summed E-state index contributed by atoms with van der Waals surface area (Å²) in [6, 6.07) is 1.85. The number of pyridine rings is 1. The van der Waals surface area contributed by atoms with Gasteiger partial charge in [0.15, 0.2) is 0 Å². The molecule has 1 heterocycles. The number of hydrogen-bond donors (Lipinski definition) is 1. The van der Waals surface area contributed by atoms with E-state index in [1.165, 1.54) is 6.26 Å². The Kier molecular flexibility index (Phi) is 6.23. The molecular weight excluding hydrogens is 384 g/mol. The van der Waals surface area contributed by atoms with Crippen LogP contribution in [0.1, 0.15) is 25.1 Å². The van der Waals surface area contributed by atoms with Crippen LogP contribution in [0.3, 0.4) is 0 Å². The van der Waals surface area contributed by atoms with Crippen LogP contribution in [0, 0.1) is 0 Å². The molecule has 0 aliphatic rings. The molecule has 0 spiro atoms. The first-order valence-electron chi connectivity index (χ1n) is 5.55. The minimum atomic E-state index is -2.96. The lowest BCUT2D eigenvalue weighted by Gasteiger charge is -2.18. The fraction of sp³-hybridized carbons (Fsp3) is 0.545. The summed E-state index contributed by atoms with van der Waals surface area (Å²) in [6.07, 6.45) is 3.48.